The second-order valence-electron chi connectivity index (χ2n) is 7.49. The summed E-state index contributed by atoms with van der Waals surface area (Å²) in [4.78, 5) is 49.2. The smallest absolute Gasteiger partial charge is 0.255 e. The Morgan fingerprint density at radius 2 is 1.90 bits per heavy atom. The van der Waals surface area contributed by atoms with Crippen LogP contribution in [-0.2, 0) is 22.6 Å². The standard InChI is InChI=1S/C23H22N2O5/c26-14-16-9-7-15(8-10-16)11-12-30-20-5-1-3-17-18(20)13-25(23(17)29)19-4-2-6-21(27)24-22(19)28/h1,3,5,7-10,14,19H,2,4,6,11-13H2,(H,24,27,28). The Morgan fingerprint density at radius 3 is 2.67 bits per heavy atom. The lowest BCUT2D eigenvalue weighted by atomic mass is 10.1. The minimum Gasteiger partial charge on any atom is -0.493 e. The van der Waals surface area contributed by atoms with E-state index in [1.165, 1.54) is 4.90 Å². The van der Waals surface area contributed by atoms with Crippen LogP contribution in [0.15, 0.2) is 42.5 Å². The predicted octanol–water partition coefficient (Wildman–Crippen LogP) is 2.27. The Hall–Kier alpha value is -3.48. The van der Waals surface area contributed by atoms with E-state index in [1.54, 1.807) is 24.3 Å². The van der Waals surface area contributed by atoms with Gasteiger partial charge in [0, 0.05) is 29.5 Å². The van der Waals surface area contributed by atoms with E-state index in [-0.39, 0.29) is 18.4 Å². The van der Waals surface area contributed by atoms with Crippen molar-refractivity contribution in [2.75, 3.05) is 6.61 Å². The Bertz CT molecular complexity index is 999. The van der Waals surface area contributed by atoms with Crippen molar-refractivity contribution in [3.8, 4) is 5.75 Å². The van der Waals surface area contributed by atoms with Crippen LogP contribution in [0.25, 0.3) is 0 Å². The van der Waals surface area contributed by atoms with Crippen molar-refractivity contribution in [3.63, 3.8) is 0 Å². The molecule has 0 saturated carbocycles. The van der Waals surface area contributed by atoms with E-state index in [9.17, 15) is 19.2 Å². The van der Waals surface area contributed by atoms with Gasteiger partial charge < -0.3 is 9.64 Å². The number of hydrogen-bond donors (Lipinski definition) is 1. The molecule has 7 nitrogen and oxygen atoms in total. The van der Waals surface area contributed by atoms with Gasteiger partial charge in [-0.2, -0.15) is 0 Å². The lowest BCUT2D eigenvalue weighted by Crippen LogP contribution is -2.46. The second-order valence-corrected chi connectivity index (χ2v) is 7.49. The van der Waals surface area contributed by atoms with Gasteiger partial charge >= 0.3 is 0 Å². The van der Waals surface area contributed by atoms with Crippen LogP contribution in [0, 0.1) is 0 Å². The number of rotatable bonds is 6. The first-order valence-electron chi connectivity index (χ1n) is 10.0. The molecule has 2 heterocycles. The van der Waals surface area contributed by atoms with Crippen molar-refractivity contribution in [2.45, 2.75) is 38.3 Å². The van der Waals surface area contributed by atoms with Crippen LogP contribution >= 0.6 is 0 Å². The number of ether oxygens (including phenoxy) is 1. The third kappa shape index (κ3) is 3.96. The number of carbonyl (C=O) groups is 4. The zero-order valence-corrected chi connectivity index (χ0v) is 16.4. The minimum atomic E-state index is -0.652. The number of hydrogen-bond acceptors (Lipinski definition) is 5. The SMILES string of the molecule is O=Cc1ccc(CCOc2cccc3c2CN(C2CCCC(=O)NC2=O)C3=O)cc1. The summed E-state index contributed by atoms with van der Waals surface area (Å²) in [6.07, 6.45) is 2.78. The van der Waals surface area contributed by atoms with Crippen molar-refractivity contribution >= 4 is 24.0 Å². The zero-order chi connectivity index (χ0) is 21.1. The fourth-order valence-corrected chi connectivity index (χ4v) is 3.92. The van der Waals surface area contributed by atoms with Crippen LogP contribution in [0.3, 0.4) is 0 Å². The Morgan fingerprint density at radius 1 is 1.10 bits per heavy atom. The molecule has 1 N–H and O–H groups in total. The summed E-state index contributed by atoms with van der Waals surface area (Å²) >= 11 is 0. The molecule has 3 amide bonds. The van der Waals surface area contributed by atoms with Crippen LogP contribution in [-0.4, -0.2) is 41.6 Å². The molecule has 1 atom stereocenters. The van der Waals surface area contributed by atoms with Crippen molar-refractivity contribution in [1.29, 1.82) is 0 Å². The summed E-state index contributed by atoms with van der Waals surface area (Å²) in [6.45, 7) is 0.703. The molecule has 2 aromatic rings. The van der Waals surface area contributed by atoms with Gasteiger partial charge in [0.05, 0.1) is 13.2 Å². The summed E-state index contributed by atoms with van der Waals surface area (Å²) in [6, 6.07) is 12.0. The van der Waals surface area contributed by atoms with Gasteiger partial charge in [0.15, 0.2) is 0 Å². The highest BCUT2D eigenvalue weighted by molar-refractivity contribution is 6.04. The first kappa shape index (κ1) is 19.8. The zero-order valence-electron chi connectivity index (χ0n) is 16.4. The summed E-state index contributed by atoms with van der Waals surface area (Å²) in [5, 5.41) is 2.37. The maximum absolute atomic E-state index is 12.9. The molecule has 4 rings (SSSR count). The molecule has 2 aliphatic rings. The number of fused-ring (bicyclic) bond motifs is 1. The van der Waals surface area contributed by atoms with Gasteiger partial charge in [-0.1, -0.05) is 30.3 Å². The van der Waals surface area contributed by atoms with E-state index in [2.05, 4.69) is 5.32 Å². The summed E-state index contributed by atoms with van der Waals surface area (Å²) in [5.74, 6) is -0.302. The number of nitrogens with zero attached hydrogens (tertiary/aromatic N) is 1. The molecular weight excluding hydrogens is 384 g/mol. The summed E-state index contributed by atoms with van der Waals surface area (Å²) < 4.78 is 5.96. The van der Waals surface area contributed by atoms with Gasteiger partial charge in [0.2, 0.25) is 11.8 Å². The van der Waals surface area contributed by atoms with E-state index in [1.807, 2.05) is 18.2 Å². The third-order valence-electron chi connectivity index (χ3n) is 5.54. The molecule has 1 fully saturated rings. The number of nitrogens with one attached hydrogen (secondary N) is 1. The largest absolute Gasteiger partial charge is 0.493 e. The highest BCUT2D eigenvalue weighted by atomic mass is 16.5. The molecule has 1 saturated heterocycles. The molecule has 2 aromatic carbocycles. The van der Waals surface area contributed by atoms with Crippen LogP contribution in [0.1, 0.15) is 51.1 Å². The van der Waals surface area contributed by atoms with E-state index >= 15 is 0 Å². The van der Waals surface area contributed by atoms with Crippen LogP contribution < -0.4 is 10.1 Å². The van der Waals surface area contributed by atoms with Gasteiger partial charge in [-0.15, -0.1) is 0 Å². The second kappa shape index (κ2) is 8.49. The molecular formula is C23H22N2O5. The highest BCUT2D eigenvalue weighted by Crippen LogP contribution is 2.33. The van der Waals surface area contributed by atoms with Crippen LogP contribution in [0.4, 0.5) is 0 Å². The third-order valence-corrected chi connectivity index (χ3v) is 5.54. The van der Waals surface area contributed by atoms with E-state index < -0.39 is 11.9 Å². The number of imide groups is 1. The Kier molecular flexibility index (Phi) is 5.61. The van der Waals surface area contributed by atoms with Gasteiger partial charge in [0.25, 0.3) is 5.91 Å². The maximum atomic E-state index is 12.9. The molecule has 30 heavy (non-hydrogen) atoms. The highest BCUT2D eigenvalue weighted by Gasteiger charge is 2.39. The van der Waals surface area contributed by atoms with Crippen LogP contribution in [0.2, 0.25) is 0 Å². The molecule has 2 aliphatic heterocycles. The van der Waals surface area contributed by atoms with Gasteiger partial charge in [-0.25, -0.2) is 0 Å². The Balaban J connectivity index is 1.45. The molecule has 154 valence electrons. The van der Waals surface area contributed by atoms with Gasteiger partial charge in [0.1, 0.15) is 18.1 Å². The molecule has 0 aromatic heterocycles. The molecule has 0 bridgehead atoms. The van der Waals surface area contributed by atoms with Gasteiger partial charge in [-0.05, 0) is 30.5 Å². The monoisotopic (exact) mass is 406 g/mol. The number of aldehydes is 1. The number of benzene rings is 2. The maximum Gasteiger partial charge on any atom is 0.255 e. The van der Waals surface area contributed by atoms with Crippen molar-refractivity contribution in [3.05, 3.63) is 64.7 Å². The van der Waals surface area contributed by atoms with E-state index in [4.69, 9.17) is 4.74 Å². The number of amides is 3. The fraction of sp³-hybridized carbons (Fsp3) is 0.304. The Labute approximate surface area is 174 Å². The quantitative estimate of drug-likeness (QED) is 0.587. The van der Waals surface area contributed by atoms with Crippen molar-refractivity contribution < 1.29 is 23.9 Å². The normalized spacial score (nSPS) is 18.6. The summed E-state index contributed by atoms with van der Waals surface area (Å²) in [5.41, 5.74) is 2.97. The lowest BCUT2D eigenvalue weighted by Gasteiger charge is -2.24. The first-order valence-corrected chi connectivity index (χ1v) is 10.0. The number of carbonyl (C=O) groups excluding carboxylic acids is 4. The fourth-order valence-electron chi connectivity index (χ4n) is 3.92. The van der Waals surface area contributed by atoms with Crippen molar-refractivity contribution in [2.24, 2.45) is 0 Å². The molecule has 0 spiro atoms. The van der Waals surface area contributed by atoms with Crippen molar-refractivity contribution in [1.82, 2.24) is 10.2 Å². The minimum absolute atomic E-state index is 0.214. The molecule has 0 aliphatic carbocycles. The molecule has 1 unspecified atom stereocenters. The van der Waals surface area contributed by atoms with E-state index in [0.29, 0.717) is 49.2 Å². The topological polar surface area (TPSA) is 92.8 Å². The molecule has 0 radical (unpaired) electrons. The molecule has 7 heteroatoms. The summed E-state index contributed by atoms with van der Waals surface area (Å²) in [7, 11) is 0. The lowest BCUT2D eigenvalue weighted by molar-refractivity contribution is -0.132. The first-order chi connectivity index (χ1) is 14.6. The average Bonchev–Trinajstić information content (AvgIpc) is 2.98. The van der Waals surface area contributed by atoms with Gasteiger partial charge in [-0.3, -0.25) is 24.5 Å². The van der Waals surface area contributed by atoms with E-state index in [0.717, 1.165) is 17.4 Å². The van der Waals surface area contributed by atoms with Crippen LogP contribution in [0.5, 0.6) is 5.75 Å². The average molecular weight is 406 g/mol. The predicted molar refractivity (Wildman–Crippen MR) is 108 cm³/mol.